The minimum atomic E-state index is 0.873. The summed E-state index contributed by atoms with van der Waals surface area (Å²) in [5, 5.41) is 4.96. The summed E-state index contributed by atoms with van der Waals surface area (Å²) in [4.78, 5) is 4.76. The van der Waals surface area contributed by atoms with Gasteiger partial charge >= 0.3 is 0 Å². The zero-order valence-corrected chi connectivity index (χ0v) is 20.0. The van der Waals surface area contributed by atoms with Gasteiger partial charge in [-0.05, 0) is 67.1 Å². The van der Waals surface area contributed by atoms with Gasteiger partial charge in [0.05, 0.1) is 5.69 Å². The molecule has 0 fully saturated rings. The predicted octanol–water partition coefficient (Wildman–Crippen LogP) is 9.59. The Morgan fingerprint density at radius 3 is 1.67 bits per heavy atom. The van der Waals surface area contributed by atoms with Crippen LogP contribution in [0.4, 0.5) is 0 Å². The van der Waals surface area contributed by atoms with E-state index in [0.29, 0.717) is 0 Å². The molecule has 0 spiro atoms. The van der Waals surface area contributed by atoms with Crippen LogP contribution in [0.5, 0.6) is 0 Å². The normalized spacial score (nSPS) is 11.0. The fraction of sp³-hybridized carbons (Fsp3) is 0. The smallest absolute Gasteiger partial charge is 0.0702 e. The van der Waals surface area contributed by atoms with Crippen molar-refractivity contribution in [3.8, 4) is 33.5 Å². The van der Waals surface area contributed by atoms with Crippen molar-refractivity contribution in [2.24, 2.45) is 0 Å². The number of fused-ring (bicyclic) bond motifs is 2. The molecule has 6 aromatic rings. The number of hydrogen-bond donors (Lipinski definition) is 0. The van der Waals surface area contributed by atoms with Crippen LogP contribution in [0.2, 0.25) is 0 Å². The number of hydrogen-bond acceptors (Lipinski definition) is 1. The standard InChI is InChI=1S/C35H25N/c1-3-24(2)28-19-21-33(36-23-28)27-18-20-31-32(22-27)35(26-14-8-5-9-15-26)30-17-11-10-16-29(30)34(31)25-12-6-4-7-13-25/h3-23H,1-2H2. The Kier molecular flexibility index (Phi) is 5.52. The third-order valence-electron chi connectivity index (χ3n) is 6.83. The first kappa shape index (κ1) is 21.8. The zero-order valence-electron chi connectivity index (χ0n) is 20.0. The summed E-state index contributed by atoms with van der Waals surface area (Å²) in [5.74, 6) is 0. The van der Waals surface area contributed by atoms with Gasteiger partial charge in [0.15, 0.2) is 0 Å². The van der Waals surface area contributed by atoms with E-state index < -0.39 is 0 Å². The largest absolute Gasteiger partial charge is 0.256 e. The lowest BCUT2D eigenvalue weighted by Gasteiger charge is -2.18. The minimum Gasteiger partial charge on any atom is -0.256 e. The number of pyridine rings is 1. The van der Waals surface area contributed by atoms with E-state index in [-0.39, 0.29) is 0 Å². The molecule has 0 saturated carbocycles. The lowest BCUT2D eigenvalue weighted by molar-refractivity contribution is 1.31. The molecule has 170 valence electrons. The maximum atomic E-state index is 4.76. The Hall–Kier alpha value is -4.75. The number of benzene rings is 5. The van der Waals surface area contributed by atoms with Gasteiger partial charge in [0.2, 0.25) is 0 Å². The van der Waals surface area contributed by atoms with Crippen molar-refractivity contribution in [3.05, 3.63) is 146 Å². The maximum Gasteiger partial charge on any atom is 0.0702 e. The molecule has 0 aliphatic rings. The summed E-state index contributed by atoms with van der Waals surface area (Å²) in [6.07, 6.45) is 3.63. The van der Waals surface area contributed by atoms with E-state index in [2.05, 4.69) is 128 Å². The summed E-state index contributed by atoms with van der Waals surface area (Å²) < 4.78 is 0. The zero-order chi connectivity index (χ0) is 24.5. The molecule has 1 heterocycles. The molecule has 1 nitrogen and oxygen atoms in total. The van der Waals surface area contributed by atoms with Crippen LogP contribution in [0.25, 0.3) is 60.6 Å². The van der Waals surface area contributed by atoms with Crippen LogP contribution in [0.1, 0.15) is 5.56 Å². The summed E-state index contributed by atoms with van der Waals surface area (Å²) in [5.41, 5.74) is 8.82. The Balaban J connectivity index is 1.69. The molecule has 0 amide bonds. The van der Waals surface area contributed by atoms with Crippen LogP contribution < -0.4 is 0 Å². The molecule has 36 heavy (non-hydrogen) atoms. The lowest BCUT2D eigenvalue weighted by Crippen LogP contribution is -1.92. The molecule has 1 heteroatoms. The minimum absolute atomic E-state index is 0.873. The highest BCUT2D eigenvalue weighted by Gasteiger charge is 2.17. The highest BCUT2D eigenvalue weighted by molar-refractivity contribution is 6.21. The summed E-state index contributed by atoms with van der Waals surface area (Å²) in [6, 6.07) is 41.0. The second-order valence-corrected chi connectivity index (χ2v) is 8.95. The van der Waals surface area contributed by atoms with E-state index in [9.17, 15) is 0 Å². The average Bonchev–Trinajstić information content (AvgIpc) is 2.96. The van der Waals surface area contributed by atoms with Gasteiger partial charge in [-0.25, -0.2) is 0 Å². The molecule has 0 aliphatic heterocycles. The molecule has 1 aromatic heterocycles. The van der Waals surface area contributed by atoms with E-state index in [1.165, 1.54) is 43.8 Å². The molecule has 5 aromatic carbocycles. The van der Waals surface area contributed by atoms with Crippen molar-refractivity contribution < 1.29 is 0 Å². The van der Waals surface area contributed by atoms with Crippen LogP contribution in [0.3, 0.4) is 0 Å². The first-order valence-electron chi connectivity index (χ1n) is 12.1. The molecule has 0 saturated heterocycles. The fourth-order valence-corrected chi connectivity index (χ4v) is 5.04. The summed E-state index contributed by atoms with van der Waals surface area (Å²) in [7, 11) is 0. The van der Waals surface area contributed by atoms with Crippen LogP contribution in [-0.2, 0) is 0 Å². The lowest BCUT2D eigenvalue weighted by atomic mass is 9.85. The number of rotatable bonds is 5. The van der Waals surface area contributed by atoms with Gasteiger partial charge in [-0.15, -0.1) is 0 Å². The number of nitrogens with zero attached hydrogens (tertiary/aromatic N) is 1. The molecular formula is C35H25N. The van der Waals surface area contributed by atoms with Gasteiger partial charge in [0.25, 0.3) is 0 Å². The van der Waals surface area contributed by atoms with Crippen LogP contribution in [0.15, 0.2) is 141 Å². The van der Waals surface area contributed by atoms with Gasteiger partial charge in [-0.2, -0.15) is 0 Å². The third kappa shape index (κ3) is 3.72. The van der Waals surface area contributed by atoms with E-state index in [1.54, 1.807) is 6.08 Å². The quantitative estimate of drug-likeness (QED) is 0.185. The summed E-state index contributed by atoms with van der Waals surface area (Å²) in [6.45, 7) is 7.86. The Labute approximate surface area is 211 Å². The van der Waals surface area contributed by atoms with E-state index >= 15 is 0 Å². The Morgan fingerprint density at radius 2 is 1.11 bits per heavy atom. The van der Waals surface area contributed by atoms with Gasteiger partial charge in [-0.1, -0.05) is 122 Å². The maximum absolute atomic E-state index is 4.76. The van der Waals surface area contributed by atoms with Crippen molar-refractivity contribution in [3.63, 3.8) is 0 Å². The summed E-state index contributed by atoms with van der Waals surface area (Å²) >= 11 is 0. The monoisotopic (exact) mass is 459 g/mol. The highest BCUT2D eigenvalue weighted by Crippen LogP contribution is 2.44. The van der Waals surface area contributed by atoms with Crippen molar-refractivity contribution in [2.45, 2.75) is 0 Å². The second kappa shape index (κ2) is 9.13. The third-order valence-corrected chi connectivity index (χ3v) is 6.83. The van der Waals surface area contributed by atoms with E-state index in [0.717, 1.165) is 22.4 Å². The Morgan fingerprint density at radius 1 is 0.556 bits per heavy atom. The first-order valence-corrected chi connectivity index (χ1v) is 12.1. The first-order chi connectivity index (χ1) is 17.7. The SMILES string of the molecule is C=CC(=C)c1ccc(-c2ccc3c(-c4ccccc4)c4ccccc4c(-c4ccccc4)c3c2)nc1. The van der Waals surface area contributed by atoms with Gasteiger partial charge in [-0.3, -0.25) is 4.98 Å². The highest BCUT2D eigenvalue weighted by atomic mass is 14.7. The van der Waals surface area contributed by atoms with Crippen LogP contribution >= 0.6 is 0 Å². The van der Waals surface area contributed by atoms with Crippen molar-refractivity contribution in [1.29, 1.82) is 0 Å². The van der Waals surface area contributed by atoms with Crippen LogP contribution in [0, 0.1) is 0 Å². The number of allylic oxidation sites excluding steroid dienone is 2. The number of aromatic nitrogens is 1. The molecule has 0 atom stereocenters. The average molecular weight is 460 g/mol. The fourth-order valence-electron chi connectivity index (χ4n) is 5.04. The topological polar surface area (TPSA) is 12.9 Å². The van der Waals surface area contributed by atoms with E-state index in [1.807, 2.05) is 6.20 Å². The molecule has 0 bridgehead atoms. The van der Waals surface area contributed by atoms with Crippen molar-refractivity contribution in [2.75, 3.05) is 0 Å². The van der Waals surface area contributed by atoms with Gasteiger partial charge in [0, 0.05) is 11.8 Å². The molecular weight excluding hydrogens is 434 g/mol. The molecule has 0 aliphatic carbocycles. The molecule has 0 unspecified atom stereocenters. The second-order valence-electron chi connectivity index (χ2n) is 8.95. The predicted molar refractivity (Wildman–Crippen MR) is 155 cm³/mol. The molecule has 6 rings (SSSR count). The van der Waals surface area contributed by atoms with Crippen LogP contribution in [-0.4, -0.2) is 4.98 Å². The van der Waals surface area contributed by atoms with E-state index in [4.69, 9.17) is 4.98 Å². The molecule has 0 radical (unpaired) electrons. The van der Waals surface area contributed by atoms with Gasteiger partial charge < -0.3 is 0 Å². The van der Waals surface area contributed by atoms with Crippen molar-refractivity contribution in [1.82, 2.24) is 4.98 Å². The molecule has 0 N–H and O–H groups in total. The van der Waals surface area contributed by atoms with Gasteiger partial charge in [0.1, 0.15) is 0 Å². The Bertz CT molecular complexity index is 1730. The van der Waals surface area contributed by atoms with Crippen molar-refractivity contribution >= 4 is 27.1 Å².